The molecule has 0 aliphatic heterocycles. The molecule has 6 nitrogen and oxygen atoms in total. The van der Waals surface area contributed by atoms with E-state index < -0.39 is 11.5 Å². The van der Waals surface area contributed by atoms with Crippen molar-refractivity contribution in [3.8, 4) is 5.75 Å². The summed E-state index contributed by atoms with van der Waals surface area (Å²) in [6.45, 7) is 0.292. The highest BCUT2D eigenvalue weighted by Crippen LogP contribution is 2.29. The van der Waals surface area contributed by atoms with Gasteiger partial charge in [-0.05, 0) is 35.9 Å². The Morgan fingerprint density at radius 3 is 2.75 bits per heavy atom. The summed E-state index contributed by atoms with van der Waals surface area (Å²) in [5, 5.41) is 3.29. The zero-order valence-corrected chi connectivity index (χ0v) is 14.3. The Morgan fingerprint density at radius 2 is 2.04 bits per heavy atom. The van der Waals surface area contributed by atoms with Gasteiger partial charge in [-0.2, -0.15) is 0 Å². The third-order valence-electron chi connectivity index (χ3n) is 3.43. The fourth-order valence-electron chi connectivity index (χ4n) is 2.26. The molecule has 3 aromatic rings. The van der Waals surface area contributed by atoms with Gasteiger partial charge >= 0.3 is 5.63 Å². The van der Waals surface area contributed by atoms with E-state index in [0.717, 1.165) is 10.0 Å². The van der Waals surface area contributed by atoms with Crippen molar-refractivity contribution >= 4 is 32.8 Å². The van der Waals surface area contributed by atoms with Gasteiger partial charge in [0.2, 0.25) is 0 Å². The van der Waals surface area contributed by atoms with Gasteiger partial charge in [-0.1, -0.05) is 15.9 Å². The number of nitrogens with one attached hydrogen (secondary N) is 1. The molecule has 0 aliphatic rings. The molecule has 1 N–H and O–H groups in total. The Morgan fingerprint density at radius 1 is 1.29 bits per heavy atom. The van der Waals surface area contributed by atoms with E-state index in [1.165, 1.54) is 13.2 Å². The number of fused-ring (bicyclic) bond motifs is 1. The van der Waals surface area contributed by atoms with Crippen LogP contribution in [-0.4, -0.2) is 18.0 Å². The van der Waals surface area contributed by atoms with E-state index in [0.29, 0.717) is 23.3 Å². The SMILES string of the molecule is COc1cc(Br)cc2cc(C(=O)NCc3ccncc3)c(=O)oc12. The number of ether oxygens (including phenoxy) is 1. The molecule has 2 heterocycles. The molecule has 0 bridgehead atoms. The molecule has 1 amide bonds. The molecule has 0 saturated heterocycles. The van der Waals surface area contributed by atoms with E-state index in [1.807, 2.05) is 0 Å². The molecule has 0 unspecified atom stereocenters. The zero-order chi connectivity index (χ0) is 17.1. The maximum atomic E-state index is 12.3. The molecule has 0 radical (unpaired) electrons. The number of pyridine rings is 1. The Labute approximate surface area is 145 Å². The van der Waals surface area contributed by atoms with Crippen LogP contribution in [0.15, 0.2) is 56.4 Å². The molecule has 0 aliphatic carbocycles. The van der Waals surface area contributed by atoms with E-state index in [-0.39, 0.29) is 5.56 Å². The summed E-state index contributed by atoms with van der Waals surface area (Å²) in [5.74, 6) is -0.0818. The number of aromatic nitrogens is 1. The van der Waals surface area contributed by atoms with Gasteiger partial charge in [0, 0.05) is 28.8 Å². The standard InChI is InChI=1S/C17H13BrN2O4/c1-23-14-8-12(18)6-11-7-13(17(22)24-15(11)14)16(21)20-9-10-2-4-19-5-3-10/h2-8H,9H2,1H3,(H,20,21). The van der Waals surface area contributed by atoms with Crippen LogP contribution in [0.4, 0.5) is 0 Å². The molecule has 0 saturated carbocycles. The molecular formula is C17H13BrN2O4. The van der Waals surface area contributed by atoms with Gasteiger partial charge in [0.05, 0.1) is 7.11 Å². The fraction of sp³-hybridized carbons (Fsp3) is 0.118. The molecule has 2 aromatic heterocycles. The van der Waals surface area contributed by atoms with Gasteiger partial charge in [0.15, 0.2) is 11.3 Å². The number of hydrogen-bond acceptors (Lipinski definition) is 5. The highest BCUT2D eigenvalue weighted by Gasteiger charge is 2.16. The average Bonchev–Trinajstić information content (AvgIpc) is 2.59. The zero-order valence-electron chi connectivity index (χ0n) is 12.7. The lowest BCUT2D eigenvalue weighted by Gasteiger charge is -2.08. The average molecular weight is 389 g/mol. The Balaban J connectivity index is 1.93. The number of amides is 1. The van der Waals surface area contributed by atoms with E-state index in [4.69, 9.17) is 9.15 Å². The summed E-state index contributed by atoms with van der Waals surface area (Å²) in [6.07, 6.45) is 3.27. The molecule has 0 spiro atoms. The Hall–Kier alpha value is -2.67. The maximum absolute atomic E-state index is 12.3. The van der Waals surface area contributed by atoms with Crippen molar-refractivity contribution in [3.05, 3.63) is 68.7 Å². The Bertz CT molecular complexity index is 954. The number of carbonyl (C=O) groups is 1. The van der Waals surface area contributed by atoms with Gasteiger partial charge in [-0.15, -0.1) is 0 Å². The number of nitrogens with zero attached hydrogens (tertiary/aromatic N) is 1. The van der Waals surface area contributed by atoms with Gasteiger partial charge in [-0.3, -0.25) is 9.78 Å². The first kappa shape index (κ1) is 16.2. The molecule has 7 heteroatoms. The van der Waals surface area contributed by atoms with Crippen LogP contribution in [-0.2, 0) is 6.54 Å². The Kier molecular flexibility index (Phi) is 4.61. The van der Waals surface area contributed by atoms with Crippen LogP contribution in [0, 0.1) is 0 Å². The summed E-state index contributed by atoms with van der Waals surface area (Å²) in [7, 11) is 1.48. The maximum Gasteiger partial charge on any atom is 0.349 e. The summed E-state index contributed by atoms with van der Waals surface area (Å²) in [5.41, 5.74) is 0.413. The highest BCUT2D eigenvalue weighted by atomic mass is 79.9. The monoisotopic (exact) mass is 388 g/mol. The molecule has 122 valence electrons. The van der Waals surface area contributed by atoms with E-state index >= 15 is 0 Å². The van der Waals surface area contributed by atoms with Crippen molar-refractivity contribution < 1.29 is 13.9 Å². The van der Waals surface area contributed by atoms with Crippen LogP contribution >= 0.6 is 15.9 Å². The van der Waals surface area contributed by atoms with Crippen LogP contribution < -0.4 is 15.7 Å². The number of rotatable bonds is 4. The van der Waals surface area contributed by atoms with Crippen LogP contribution in [0.5, 0.6) is 5.75 Å². The third-order valence-corrected chi connectivity index (χ3v) is 3.89. The van der Waals surface area contributed by atoms with Crippen molar-refractivity contribution in [2.45, 2.75) is 6.54 Å². The number of hydrogen-bond donors (Lipinski definition) is 1. The van der Waals surface area contributed by atoms with E-state index in [1.54, 1.807) is 36.7 Å². The molecule has 0 fully saturated rings. The second kappa shape index (κ2) is 6.84. The minimum Gasteiger partial charge on any atom is -0.493 e. The largest absolute Gasteiger partial charge is 0.493 e. The molecule has 3 rings (SSSR count). The van der Waals surface area contributed by atoms with Gasteiger partial charge in [0.25, 0.3) is 5.91 Å². The summed E-state index contributed by atoms with van der Waals surface area (Å²) >= 11 is 3.36. The van der Waals surface area contributed by atoms with Crippen molar-refractivity contribution in [1.29, 1.82) is 0 Å². The summed E-state index contributed by atoms with van der Waals surface area (Å²) < 4.78 is 11.2. The molecular weight excluding hydrogens is 376 g/mol. The lowest BCUT2D eigenvalue weighted by Crippen LogP contribution is -2.27. The summed E-state index contributed by atoms with van der Waals surface area (Å²) in [4.78, 5) is 28.3. The van der Waals surface area contributed by atoms with Crippen LogP contribution in [0.1, 0.15) is 15.9 Å². The number of halogens is 1. The van der Waals surface area contributed by atoms with Crippen LogP contribution in [0.25, 0.3) is 11.0 Å². The lowest BCUT2D eigenvalue weighted by molar-refractivity contribution is 0.0947. The highest BCUT2D eigenvalue weighted by molar-refractivity contribution is 9.10. The van der Waals surface area contributed by atoms with Gasteiger partial charge in [-0.25, -0.2) is 4.79 Å². The van der Waals surface area contributed by atoms with E-state index in [2.05, 4.69) is 26.2 Å². The topological polar surface area (TPSA) is 81.4 Å². The number of benzene rings is 1. The van der Waals surface area contributed by atoms with Crippen LogP contribution in [0.3, 0.4) is 0 Å². The number of carbonyl (C=O) groups excluding carboxylic acids is 1. The van der Waals surface area contributed by atoms with Crippen molar-refractivity contribution in [3.63, 3.8) is 0 Å². The van der Waals surface area contributed by atoms with Crippen LogP contribution in [0.2, 0.25) is 0 Å². The molecule has 1 aromatic carbocycles. The smallest absolute Gasteiger partial charge is 0.349 e. The first-order valence-corrected chi connectivity index (χ1v) is 7.86. The minimum atomic E-state index is -0.713. The van der Waals surface area contributed by atoms with Crippen molar-refractivity contribution in [2.24, 2.45) is 0 Å². The first-order valence-electron chi connectivity index (χ1n) is 7.07. The lowest BCUT2D eigenvalue weighted by atomic mass is 10.1. The van der Waals surface area contributed by atoms with Gasteiger partial charge < -0.3 is 14.5 Å². The first-order chi connectivity index (χ1) is 11.6. The predicted octanol–water partition coefficient (Wildman–Crippen LogP) is 2.89. The van der Waals surface area contributed by atoms with Crippen molar-refractivity contribution in [1.82, 2.24) is 10.3 Å². The predicted molar refractivity (Wildman–Crippen MR) is 92.1 cm³/mol. The number of methoxy groups -OCH3 is 1. The molecule has 0 atom stereocenters. The second-order valence-corrected chi connectivity index (χ2v) is 5.93. The van der Waals surface area contributed by atoms with Crippen molar-refractivity contribution in [2.75, 3.05) is 7.11 Å². The second-order valence-electron chi connectivity index (χ2n) is 5.01. The fourth-order valence-corrected chi connectivity index (χ4v) is 2.71. The third kappa shape index (κ3) is 3.30. The van der Waals surface area contributed by atoms with E-state index in [9.17, 15) is 9.59 Å². The minimum absolute atomic E-state index is 0.0586. The molecule has 24 heavy (non-hydrogen) atoms. The normalized spacial score (nSPS) is 10.6. The van der Waals surface area contributed by atoms with Gasteiger partial charge in [0.1, 0.15) is 5.56 Å². The quantitative estimate of drug-likeness (QED) is 0.694. The summed E-state index contributed by atoms with van der Waals surface area (Å²) in [6, 6.07) is 8.50.